The summed E-state index contributed by atoms with van der Waals surface area (Å²) in [7, 11) is 0. The minimum absolute atomic E-state index is 0.216. The number of unbranched alkanes of at least 4 members (excludes halogenated alkanes) is 4. The van der Waals surface area contributed by atoms with Crippen molar-refractivity contribution in [2.75, 3.05) is 37.1 Å². The van der Waals surface area contributed by atoms with Crippen LogP contribution in [0.1, 0.15) is 59.2 Å². The second-order valence-corrected chi connectivity index (χ2v) is 10.6. The fraction of sp³-hybridized carbons (Fsp3) is 0.278. The van der Waals surface area contributed by atoms with E-state index in [-0.39, 0.29) is 16.8 Å². The van der Waals surface area contributed by atoms with Gasteiger partial charge in [0, 0.05) is 29.0 Å². The number of halogens is 1. The Labute approximate surface area is 279 Å². The van der Waals surface area contributed by atoms with E-state index in [1.165, 1.54) is 6.07 Å². The molecule has 0 aliphatic rings. The number of esters is 2. The lowest BCUT2D eigenvalue weighted by atomic mass is 10.1. The minimum atomic E-state index is -0.425. The minimum Gasteiger partial charge on any atom is -0.494 e. The number of nitrogens with one attached hydrogen (secondary N) is 2. The molecule has 2 amide bonds. The smallest absolute Gasteiger partial charge is 0.330 e. The Bertz CT molecular complexity index is 1510. The van der Waals surface area contributed by atoms with Crippen LogP contribution < -0.4 is 20.1 Å². The first-order valence-corrected chi connectivity index (χ1v) is 15.6. The Morgan fingerprint density at radius 3 is 1.57 bits per heavy atom. The first-order valence-electron chi connectivity index (χ1n) is 15.3. The number of anilines is 2. The lowest BCUT2D eigenvalue weighted by molar-refractivity contribution is -0.138. The van der Waals surface area contributed by atoms with Crippen molar-refractivity contribution in [2.24, 2.45) is 0 Å². The van der Waals surface area contributed by atoms with Gasteiger partial charge in [0.25, 0.3) is 11.8 Å². The highest BCUT2D eigenvalue weighted by Gasteiger charge is 2.13. The largest absolute Gasteiger partial charge is 0.494 e. The topological polar surface area (TPSA) is 129 Å². The van der Waals surface area contributed by atoms with E-state index < -0.39 is 11.9 Å². The predicted octanol–water partition coefficient (Wildman–Crippen LogP) is 7.40. The molecule has 0 bridgehead atoms. The molecule has 248 valence electrons. The van der Waals surface area contributed by atoms with Crippen LogP contribution in [-0.4, -0.2) is 50.2 Å². The summed E-state index contributed by atoms with van der Waals surface area (Å²) in [4.78, 5) is 47.6. The maximum Gasteiger partial charge on any atom is 0.330 e. The zero-order valence-corrected chi connectivity index (χ0v) is 26.9. The molecule has 0 aromatic heterocycles. The molecule has 0 fully saturated rings. The van der Waals surface area contributed by atoms with Crippen molar-refractivity contribution >= 4 is 46.7 Å². The van der Waals surface area contributed by atoms with E-state index >= 15 is 0 Å². The van der Waals surface area contributed by atoms with E-state index in [0.29, 0.717) is 60.4 Å². The molecule has 0 saturated carbocycles. The molecule has 0 spiro atoms. The van der Waals surface area contributed by atoms with Gasteiger partial charge >= 0.3 is 11.9 Å². The van der Waals surface area contributed by atoms with Gasteiger partial charge in [-0.05, 0) is 105 Å². The van der Waals surface area contributed by atoms with Gasteiger partial charge in [-0.2, -0.15) is 0 Å². The molecule has 0 aliphatic carbocycles. The maximum atomic E-state index is 12.8. The lowest BCUT2D eigenvalue weighted by Gasteiger charge is -2.11. The molecule has 0 aliphatic heterocycles. The molecular formula is C36H39ClN2O8. The van der Waals surface area contributed by atoms with Crippen LogP contribution in [0.2, 0.25) is 5.02 Å². The third kappa shape index (κ3) is 13.4. The summed E-state index contributed by atoms with van der Waals surface area (Å²) in [5.74, 6) is -0.263. The van der Waals surface area contributed by atoms with Crippen molar-refractivity contribution in [3.63, 3.8) is 0 Å². The molecule has 3 aromatic carbocycles. The monoisotopic (exact) mass is 662 g/mol. The van der Waals surface area contributed by atoms with Gasteiger partial charge in [-0.25, -0.2) is 9.59 Å². The first-order chi connectivity index (χ1) is 22.8. The average molecular weight is 663 g/mol. The third-order valence-electron chi connectivity index (χ3n) is 6.64. The van der Waals surface area contributed by atoms with Crippen LogP contribution >= 0.6 is 11.6 Å². The third-order valence-corrected chi connectivity index (χ3v) is 6.96. The summed E-state index contributed by atoms with van der Waals surface area (Å²) < 4.78 is 21.3. The average Bonchev–Trinajstić information content (AvgIpc) is 3.08. The van der Waals surface area contributed by atoms with E-state index in [0.717, 1.165) is 50.7 Å². The summed E-state index contributed by atoms with van der Waals surface area (Å²) in [5, 5.41) is 5.80. The lowest BCUT2D eigenvalue weighted by Crippen LogP contribution is -2.14. The van der Waals surface area contributed by atoms with Gasteiger partial charge in [0.1, 0.15) is 11.5 Å². The van der Waals surface area contributed by atoms with E-state index in [4.69, 9.17) is 30.5 Å². The van der Waals surface area contributed by atoms with E-state index in [2.05, 4.69) is 23.8 Å². The van der Waals surface area contributed by atoms with Gasteiger partial charge in [0.05, 0.1) is 37.1 Å². The molecule has 3 rings (SSSR count). The van der Waals surface area contributed by atoms with Crippen molar-refractivity contribution < 1.29 is 38.1 Å². The Morgan fingerprint density at radius 2 is 1.06 bits per heavy atom. The fourth-order valence-corrected chi connectivity index (χ4v) is 4.33. The number of benzene rings is 3. The van der Waals surface area contributed by atoms with Crippen molar-refractivity contribution in [1.82, 2.24) is 0 Å². The van der Waals surface area contributed by atoms with Crippen LogP contribution in [0.15, 0.2) is 92.0 Å². The predicted molar refractivity (Wildman–Crippen MR) is 181 cm³/mol. The Morgan fingerprint density at radius 1 is 0.596 bits per heavy atom. The van der Waals surface area contributed by atoms with Gasteiger partial charge < -0.3 is 29.6 Å². The molecule has 0 unspecified atom stereocenters. The van der Waals surface area contributed by atoms with Crippen LogP contribution in [0.4, 0.5) is 11.4 Å². The summed E-state index contributed by atoms with van der Waals surface area (Å²) in [6.07, 6.45) is 7.07. The Balaban J connectivity index is 1.38. The SMILES string of the molecule is C=CC(=O)OCCCCCOc1ccc(NC(=O)c2ccc(NC(=O)c3ccc(OCCCCCOC(=O)C=C)cc3)c(Cl)c2)cc1. The molecule has 11 heteroatoms. The van der Waals surface area contributed by atoms with Crippen LogP contribution in [0.3, 0.4) is 0 Å². The van der Waals surface area contributed by atoms with Gasteiger partial charge in [0.15, 0.2) is 0 Å². The van der Waals surface area contributed by atoms with Crippen LogP contribution in [0.25, 0.3) is 0 Å². The number of rotatable bonds is 20. The molecule has 0 heterocycles. The summed E-state index contributed by atoms with van der Waals surface area (Å²) in [6, 6.07) is 18.4. The molecule has 3 aromatic rings. The van der Waals surface area contributed by atoms with Gasteiger partial charge in [-0.3, -0.25) is 9.59 Å². The Kier molecular flexibility index (Phi) is 15.6. The number of hydrogen-bond donors (Lipinski definition) is 2. The first kappa shape index (κ1) is 36.4. The number of carbonyl (C=O) groups excluding carboxylic acids is 4. The molecule has 10 nitrogen and oxygen atoms in total. The van der Waals surface area contributed by atoms with Gasteiger partial charge in [-0.1, -0.05) is 24.8 Å². The standard InChI is InChI=1S/C36H39ClN2O8/c1-3-33(40)46-23-9-5-7-21-44-29-16-11-26(12-17-29)35(42)39-32-20-13-27(25-31(32)37)36(43)38-28-14-18-30(19-15-28)45-22-8-6-10-24-47-34(41)4-2/h3-4,11-20,25H,1-2,5-10,21-24H2,(H,38,43)(H,39,42). The highest BCUT2D eigenvalue weighted by Crippen LogP contribution is 2.25. The summed E-state index contributed by atoms with van der Waals surface area (Å²) in [6.45, 7) is 8.43. The van der Waals surface area contributed by atoms with Crippen molar-refractivity contribution in [3.05, 3.63) is 108 Å². The Hall–Kier alpha value is -5.09. The van der Waals surface area contributed by atoms with Gasteiger partial charge in [-0.15, -0.1) is 0 Å². The number of ether oxygens (including phenoxy) is 4. The second kappa shape index (κ2) is 20.1. The quantitative estimate of drug-likeness (QED) is 0.0727. The van der Waals surface area contributed by atoms with Gasteiger partial charge in [0.2, 0.25) is 0 Å². The van der Waals surface area contributed by atoms with Crippen LogP contribution in [0, 0.1) is 0 Å². The molecule has 0 saturated heterocycles. The van der Waals surface area contributed by atoms with Crippen molar-refractivity contribution in [3.8, 4) is 11.5 Å². The van der Waals surface area contributed by atoms with Crippen LogP contribution in [0.5, 0.6) is 11.5 Å². The van der Waals surface area contributed by atoms with Crippen molar-refractivity contribution in [1.29, 1.82) is 0 Å². The second-order valence-electron chi connectivity index (χ2n) is 10.2. The molecule has 2 N–H and O–H groups in total. The summed E-state index contributed by atoms with van der Waals surface area (Å²) in [5.41, 5.74) is 1.69. The number of carbonyl (C=O) groups is 4. The van der Waals surface area contributed by atoms with Crippen molar-refractivity contribution in [2.45, 2.75) is 38.5 Å². The number of amides is 2. The van der Waals surface area contributed by atoms with E-state index in [1.54, 1.807) is 60.7 Å². The van der Waals surface area contributed by atoms with E-state index in [1.807, 2.05) is 0 Å². The normalized spacial score (nSPS) is 10.3. The number of hydrogen-bond acceptors (Lipinski definition) is 8. The zero-order chi connectivity index (χ0) is 33.9. The van der Waals surface area contributed by atoms with Crippen LogP contribution in [-0.2, 0) is 19.1 Å². The highest BCUT2D eigenvalue weighted by molar-refractivity contribution is 6.34. The maximum absolute atomic E-state index is 12.8. The fourth-order valence-electron chi connectivity index (χ4n) is 4.10. The molecule has 0 radical (unpaired) electrons. The molecule has 47 heavy (non-hydrogen) atoms. The summed E-state index contributed by atoms with van der Waals surface area (Å²) >= 11 is 6.40. The highest BCUT2D eigenvalue weighted by atomic mass is 35.5. The zero-order valence-electron chi connectivity index (χ0n) is 26.1. The molecular weight excluding hydrogens is 624 g/mol. The molecule has 0 atom stereocenters. The van der Waals surface area contributed by atoms with E-state index in [9.17, 15) is 19.2 Å².